The van der Waals surface area contributed by atoms with Crippen LogP contribution < -0.4 is 10.1 Å². The van der Waals surface area contributed by atoms with E-state index in [2.05, 4.69) is 15.3 Å². The number of nitrogens with zero attached hydrogens (tertiary/aromatic N) is 2. The number of rotatable bonds is 11. The average Bonchev–Trinajstić information content (AvgIpc) is 3.68. The van der Waals surface area contributed by atoms with Crippen molar-refractivity contribution in [1.29, 1.82) is 0 Å². The number of aromatic nitrogens is 2. The van der Waals surface area contributed by atoms with Crippen LogP contribution in [0.5, 0.6) is 5.88 Å². The van der Waals surface area contributed by atoms with Gasteiger partial charge in [0.1, 0.15) is 19.0 Å². The Morgan fingerprint density at radius 1 is 1.08 bits per heavy atom. The van der Waals surface area contributed by atoms with E-state index in [0.717, 1.165) is 0 Å². The third-order valence-electron chi connectivity index (χ3n) is 6.10. The average molecular weight is 522 g/mol. The third-order valence-corrected chi connectivity index (χ3v) is 8.38. The van der Waals surface area contributed by atoms with Gasteiger partial charge in [-0.05, 0) is 56.2 Å². The summed E-state index contributed by atoms with van der Waals surface area (Å²) < 4.78 is 63.2. The lowest BCUT2D eigenvalue weighted by Crippen LogP contribution is -2.16. The van der Waals surface area contributed by atoms with Gasteiger partial charge < -0.3 is 14.8 Å². The second-order valence-electron chi connectivity index (χ2n) is 8.85. The fraction of sp³-hybridized carbons (Fsp3) is 0.480. The molecule has 1 aromatic carbocycles. The van der Waals surface area contributed by atoms with Gasteiger partial charge in [-0.15, -0.1) is 0 Å². The molecule has 2 aliphatic carbocycles. The number of carbonyl (C=O) groups is 1. The number of alkyl halides is 2. The molecule has 11 heteroatoms. The van der Waals surface area contributed by atoms with Gasteiger partial charge in [-0.25, -0.2) is 27.2 Å². The molecule has 0 radical (unpaired) electrons. The number of allylic oxidation sites excluding steroid dienone is 1. The normalized spacial score (nSPS) is 22.4. The van der Waals surface area contributed by atoms with Crippen molar-refractivity contribution >= 4 is 27.1 Å². The van der Waals surface area contributed by atoms with Crippen LogP contribution in [0, 0.1) is 5.92 Å². The Morgan fingerprint density at radius 2 is 1.78 bits per heavy atom. The number of hydrogen-bond acceptors (Lipinski definition) is 7. The summed E-state index contributed by atoms with van der Waals surface area (Å²) in [6.45, 7) is 3.17. The molecule has 4 rings (SSSR count). The van der Waals surface area contributed by atoms with Crippen molar-refractivity contribution in [2.24, 2.45) is 5.92 Å². The van der Waals surface area contributed by atoms with Crippen LogP contribution in [-0.2, 0) is 19.4 Å². The van der Waals surface area contributed by atoms with Crippen LogP contribution in [0.1, 0.15) is 38.2 Å². The molecule has 36 heavy (non-hydrogen) atoms. The number of ether oxygens (including phenoxy) is 2. The number of hydrogen-bond donors (Lipinski definition) is 1. The van der Waals surface area contributed by atoms with Crippen molar-refractivity contribution < 1.29 is 31.5 Å². The Hall–Kier alpha value is -2.92. The maximum absolute atomic E-state index is 13.8. The maximum atomic E-state index is 13.8. The van der Waals surface area contributed by atoms with Crippen molar-refractivity contribution in [3.63, 3.8) is 0 Å². The van der Waals surface area contributed by atoms with Crippen molar-refractivity contribution in [3.8, 4) is 5.88 Å². The van der Waals surface area contributed by atoms with Gasteiger partial charge in [0.25, 0.3) is 5.91 Å². The molecule has 0 bridgehead atoms. The van der Waals surface area contributed by atoms with Crippen molar-refractivity contribution in [3.05, 3.63) is 48.3 Å². The van der Waals surface area contributed by atoms with E-state index in [1.807, 2.05) is 6.92 Å². The van der Waals surface area contributed by atoms with Crippen molar-refractivity contribution in [2.75, 3.05) is 25.1 Å². The number of sulfone groups is 1. The Morgan fingerprint density at radius 3 is 2.36 bits per heavy atom. The summed E-state index contributed by atoms with van der Waals surface area (Å²) in [6, 6.07) is 6.00. The minimum absolute atomic E-state index is 0.0281. The highest BCUT2D eigenvalue weighted by Gasteiger charge is 2.37. The van der Waals surface area contributed by atoms with Gasteiger partial charge in [0, 0.05) is 12.2 Å². The molecule has 1 N–H and O–H groups in total. The fourth-order valence-electron chi connectivity index (χ4n) is 4.03. The zero-order chi connectivity index (χ0) is 25.7. The van der Waals surface area contributed by atoms with E-state index >= 15 is 0 Å². The standard InChI is InChI=1S/C25H29F2N3O5S/c1-2-34-9-10-35-24-15-28-23(14-29-24)30-25(31)20(11-16-12-21(26)22(27)13-16)17-3-5-18(6-4-17)36(32,33)19-7-8-19/h3-6,11,14-16,19,21-22H,2,7-10,12-13H2,1H3,(H,28,30,31)/b20-11+/t16-,21+,22-. The molecule has 3 atom stereocenters. The minimum atomic E-state index is -3.39. The number of carbonyl (C=O) groups excluding carboxylic acids is 1. The number of amides is 1. The first-order valence-corrected chi connectivity index (χ1v) is 13.5. The molecule has 0 saturated heterocycles. The summed E-state index contributed by atoms with van der Waals surface area (Å²) in [5, 5.41) is 2.29. The zero-order valence-electron chi connectivity index (χ0n) is 19.9. The van der Waals surface area contributed by atoms with E-state index in [4.69, 9.17) is 9.47 Å². The summed E-state index contributed by atoms with van der Waals surface area (Å²) in [6.07, 6.45) is 2.31. The van der Waals surface area contributed by atoms with Crippen LogP contribution >= 0.6 is 0 Å². The smallest absolute Gasteiger partial charge is 0.257 e. The number of benzene rings is 1. The first-order valence-electron chi connectivity index (χ1n) is 12.0. The molecule has 8 nitrogen and oxygen atoms in total. The Bertz CT molecular complexity index is 1180. The van der Waals surface area contributed by atoms with Gasteiger partial charge in [0.15, 0.2) is 15.7 Å². The van der Waals surface area contributed by atoms with E-state index in [1.54, 1.807) is 6.08 Å². The zero-order valence-corrected chi connectivity index (χ0v) is 20.7. The third kappa shape index (κ3) is 6.44. The summed E-state index contributed by atoms with van der Waals surface area (Å²) in [4.78, 5) is 21.6. The molecule has 0 aliphatic heterocycles. The largest absolute Gasteiger partial charge is 0.474 e. The van der Waals surface area contributed by atoms with Crippen LogP contribution in [0.3, 0.4) is 0 Å². The lowest BCUT2D eigenvalue weighted by molar-refractivity contribution is -0.111. The quantitative estimate of drug-likeness (QED) is 0.353. The molecule has 2 fully saturated rings. The van der Waals surface area contributed by atoms with E-state index < -0.39 is 34.0 Å². The first-order chi connectivity index (χ1) is 17.3. The summed E-state index contributed by atoms with van der Waals surface area (Å²) in [5.74, 6) is -0.596. The van der Waals surface area contributed by atoms with Gasteiger partial charge in [0.2, 0.25) is 5.88 Å². The predicted molar refractivity (Wildman–Crippen MR) is 130 cm³/mol. The molecule has 0 unspecified atom stereocenters. The lowest BCUT2D eigenvalue weighted by Gasteiger charge is -2.13. The summed E-state index contributed by atoms with van der Waals surface area (Å²) in [5.41, 5.74) is 0.610. The van der Waals surface area contributed by atoms with Gasteiger partial charge in [-0.3, -0.25) is 4.79 Å². The fourth-order valence-corrected chi connectivity index (χ4v) is 5.69. The molecule has 0 spiro atoms. The molecule has 2 aromatic rings. The van der Waals surface area contributed by atoms with Crippen LogP contribution in [0.15, 0.2) is 47.6 Å². The first kappa shape index (κ1) is 26.2. The number of nitrogens with one attached hydrogen (secondary N) is 1. The second-order valence-corrected chi connectivity index (χ2v) is 11.1. The molecule has 2 saturated carbocycles. The molecular weight excluding hydrogens is 492 g/mol. The highest BCUT2D eigenvalue weighted by Crippen LogP contribution is 2.36. The topological polar surface area (TPSA) is 107 Å². The Balaban J connectivity index is 1.51. The van der Waals surface area contributed by atoms with Gasteiger partial charge in [0.05, 0.1) is 29.1 Å². The van der Waals surface area contributed by atoms with E-state index in [-0.39, 0.29) is 40.3 Å². The molecular formula is C25H29F2N3O5S. The number of halogens is 2. The summed E-state index contributed by atoms with van der Waals surface area (Å²) in [7, 11) is -3.39. The molecule has 194 valence electrons. The molecule has 2 aliphatic rings. The second kappa shape index (κ2) is 11.4. The van der Waals surface area contributed by atoms with E-state index in [1.165, 1.54) is 36.7 Å². The number of anilines is 1. The van der Waals surface area contributed by atoms with Crippen molar-refractivity contribution in [2.45, 2.75) is 55.1 Å². The predicted octanol–water partition coefficient (Wildman–Crippen LogP) is 3.94. The summed E-state index contributed by atoms with van der Waals surface area (Å²) >= 11 is 0. The molecule has 1 amide bonds. The molecule has 1 aromatic heterocycles. The lowest BCUT2D eigenvalue weighted by atomic mass is 9.98. The van der Waals surface area contributed by atoms with Crippen LogP contribution in [0.2, 0.25) is 0 Å². The van der Waals surface area contributed by atoms with Gasteiger partial charge >= 0.3 is 0 Å². The Kier molecular flexibility index (Phi) is 8.30. The maximum Gasteiger partial charge on any atom is 0.257 e. The van der Waals surface area contributed by atoms with Crippen LogP contribution in [0.4, 0.5) is 14.6 Å². The monoisotopic (exact) mass is 521 g/mol. The minimum Gasteiger partial charge on any atom is -0.474 e. The van der Waals surface area contributed by atoms with Crippen LogP contribution in [0.25, 0.3) is 5.57 Å². The highest BCUT2D eigenvalue weighted by molar-refractivity contribution is 7.92. The highest BCUT2D eigenvalue weighted by atomic mass is 32.2. The van der Waals surface area contributed by atoms with Gasteiger partial charge in [-0.2, -0.15) is 0 Å². The van der Waals surface area contributed by atoms with Crippen LogP contribution in [-0.4, -0.2) is 61.7 Å². The van der Waals surface area contributed by atoms with Gasteiger partial charge in [-0.1, -0.05) is 18.2 Å². The SMILES string of the molecule is CCOCCOc1cnc(NC(=O)/C(=C/[C@H]2C[C@@H](F)[C@@H](F)C2)c2ccc(S(=O)(=O)C3CC3)cc2)cn1. The molecule has 1 heterocycles. The van der Waals surface area contributed by atoms with E-state index in [9.17, 15) is 22.0 Å². The van der Waals surface area contributed by atoms with E-state index in [0.29, 0.717) is 38.2 Å². The Labute approximate surface area is 209 Å². The van der Waals surface area contributed by atoms with Crippen molar-refractivity contribution in [1.82, 2.24) is 9.97 Å².